The maximum Gasteiger partial charge on any atom is 0.335 e. The fourth-order valence-corrected chi connectivity index (χ4v) is 6.42. The minimum absolute atomic E-state index is 0.264. The normalized spacial score (nSPS) is 20.7. The van der Waals surface area contributed by atoms with Gasteiger partial charge in [0, 0.05) is 61.9 Å². The molecule has 1 N–H and O–H groups in total. The highest BCUT2D eigenvalue weighted by Crippen LogP contribution is 2.38. The third-order valence-electron chi connectivity index (χ3n) is 7.64. The summed E-state index contributed by atoms with van der Waals surface area (Å²) in [5, 5.41) is 19.4. The van der Waals surface area contributed by atoms with E-state index in [1.165, 1.54) is 17.0 Å². The standard InChI is InChI=1S/C27H30N4O4S/c32-26(33)21-3-1-19(2-4-21)24-28-29-25(36-24)20-5-7-22(8-6-20)30-13-15-31(16-14-30)23-9-11-27(12-10-23)34-17-18-35-27/h1-8,23H,9-18H2,(H,32,33). The molecule has 3 fully saturated rings. The molecule has 2 aromatic carbocycles. The van der Waals surface area contributed by atoms with Crippen LogP contribution in [-0.2, 0) is 9.47 Å². The first kappa shape index (κ1) is 23.5. The van der Waals surface area contributed by atoms with Crippen LogP contribution >= 0.6 is 11.3 Å². The SMILES string of the molecule is O=C(O)c1ccc(-c2nnc(-c3ccc(N4CCN(C5CCC6(CC5)OCCO6)CC4)cc3)s2)cc1. The second-order valence-electron chi connectivity index (χ2n) is 9.70. The third kappa shape index (κ3) is 4.76. The van der Waals surface area contributed by atoms with Crippen LogP contribution in [0.3, 0.4) is 0 Å². The van der Waals surface area contributed by atoms with Gasteiger partial charge >= 0.3 is 5.97 Å². The molecule has 0 amide bonds. The fourth-order valence-electron chi connectivity index (χ4n) is 5.57. The van der Waals surface area contributed by atoms with Gasteiger partial charge in [-0.2, -0.15) is 0 Å². The highest BCUT2D eigenvalue weighted by molar-refractivity contribution is 7.17. The van der Waals surface area contributed by atoms with E-state index >= 15 is 0 Å². The Bertz CT molecular complexity index is 1190. The molecule has 1 saturated carbocycles. The predicted octanol–water partition coefficient (Wildman–Crippen LogP) is 4.38. The summed E-state index contributed by atoms with van der Waals surface area (Å²) in [5.74, 6) is -1.21. The van der Waals surface area contributed by atoms with Crippen molar-refractivity contribution in [2.24, 2.45) is 0 Å². The van der Waals surface area contributed by atoms with E-state index in [2.05, 4.69) is 44.3 Å². The first-order chi connectivity index (χ1) is 17.6. The van der Waals surface area contributed by atoms with Crippen molar-refractivity contribution in [2.45, 2.75) is 37.5 Å². The molecule has 8 nitrogen and oxygen atoms in total. The number of carboxylic acid groups (broad SMARTS) is 1. The summed E-state index contributed by atoms with van der Waals surface area (Å²) in [5.41, 5.74) is 3.41. The van der Waals surface area contributed by atoms with Crippen LogP contribution in [0.2, 0.25) is 0 Å². The number of hydrogen-bond acceptors (Lipinski definition) is 8. The number of ether oxygens (including phenoxy) is 2. The van der Waals surface area contributed by atoms with Gasteiger partial charge in [0.25, 0.3) is 0 Å². The minimum Gasteiger partial charge on any atom is -0.478 e. The number of anilines is 1. The lowest BCUT2D eigenvalue weighted by atomic mass is 9.88. The van der Waals surface area contributed by atoms with E-state index in [0.29, 0.717) is 6.04 Å². The van der Waals surface area contributed by atoms with Crippen molar-refractivity contribution in [3.05, 3.63) is 54.1 Å². The van der Waals surface area contributed by atoms with Crippen molar-refractivity contribution in [3.63, 3.8) is 0 Å². The molecular formula is C27H30N4O4S. The van der Waals surface area contributed by atoms with E-state index in [1.807, 2.05) is 0 Å². The Balaban J connectivity index is 1.04. The van der Waals surface area contributed by atoms with E-state index in [1.54, 1.807) is 24.3 Å². The number of benzene rings is 2. The Morgan fingerprint density at radius 2 is 1.42 bits per heavy atom. The highest BCUT2D eigenvalue weighted by atomic mass is 32.1. The van der Waals surface area contributed by atoms with E-state index in [9.17, 15) is 4.79 Å². The van der Waals surface area contributed by atoms with Crippen LogP contribution < -0.4 is 4.90 Å². The maximum atomic E-state index is 11.1. The van der Waals surface area contributed by atoms with Crippen LogP contribution in [0.15, 0.2) is 48.5 Å². The van der Waals surface area contributed by atoms with Gasteiger partial charge in [-0.05, 0) is 49.2 Å². The summed E-state index contributed by atoms with van der Waals surface area (Å²) < 4.78 is 11.8. The Hall–Kier alpha value is -2.85. The van der Waals surface area contributed by atoms with Crippen LogP contribution in [0.4, 0.5) is 5.69 Å². The largest absolute Gasteiger partial charge is 0.478 e. The maximum absolute atomic E-state index is 11.1. The molecule has 0 unspecified atom stereocenters. The summed E-state index contributed by atoms with van der Waals surface area (Å²) in [4.78, 5) is 16.2. The van der Waals surface area contributed by atoms with Gasteiger partial charge in [0.1, 0.15) is 10.0 Å². The molecule has 0 bridgehead atoms. The smallest absolute Gasteiger partial charge is 0.335 e. The van der Waals surface area contributed by atoms with Crippen molar-refractivity contribution < 1.29 is 19.4 Å². The van der Waals surface area contributed by atoms with Crippen molar-refractivity contribution in [1.82, 2.24) is 15.1 Å². The average molecular weight is 507 g/mol. The molecule has 0 atom stereocenters. The van der Waals surface area contributed by atoms with E-state index in [4.69, 9.17) is 14.6 Å². The number of aromatic nitrogens is 2. The Morgan fingerprint density at radius 3 is 1.97 bits per heavy atom. The number of carboxylic acids is 1. The number of aromatic carboxylic acids is 1. The van der Waals surface area contributed by atoms with E-state index < -0.39 is 5.97 Å². The predicted molar refractivity (Wildman–Crippen MR) is 138 cm³/mol. The third-order valence-corrected chi connectivity index (χ3v) is 8.67. The molecule has 36 heavy (non-hydrogen) atoms. The second kappa shape index (κ2) is 9.89. The van der Waals surface area contributed by atoms with Gasteiger partial charge < -0.3 is 19.5 Å². The number of piperazine rings is 1. The summed E-state index contributed by atoms with van der Waals surface area (Å²) in [6, 6.07) is 16.0. The zero-order chi connectivity index (χ0) is 24.5. The van der Waals surface area contributed by atoms with Gasteiger partial charge in [-0.25, -0.2) is 4.79 Å². The van der Waals surface area contributed by atoms with Gasteiger partial charge in [-0.15, -0.1) is 10.2 Å². The van der Waals surface area contributed by atoms with E-state index in [0.717, 1.165) is 86.2 Å². The molecule has 1 aliphatic carbocycles. The molecule has 188 valence electrons. The quantitative estimate of drug-likeness (QED) is 0.546. The first-order valence-electron chi connectivity index (χ1n) is 12.6. The van der Waals surface area contributed by atoms with Gasteiger partial charge in [-0.3, -0.25) is 4.90 Å². The summed E-state index contributed by atoms with van der Waals surface area (Å²) in [6.07, 6.45) is 4.34. The van der Waals surface area contributed by atoms with Crippen LogP contribution in [0.25, 0.3) is 21.1 Å². The van der Waals surface area contributed by atoms with Gasteiger partial charge in [-0.1, -0.05) is 23.5 Å². The van der Waals surface area contributed by atoms with Crippen LogP contribution in [0.1, 0.15) is 36.0 Å². The first-order valence-corrected chi connectivity index (χ1v) is 13.4. The van der Waals surface area contributed by atoms with Crippen molar-refractivity contribution in [3.8, 4) is 21.1 Å². The number of nitrogens with zero attached hydrogens (tertiary/aromatic N) is 4. The molecule has 3 aliphatic rings. The monoisotopic (exact) mass is 506 g/mol. The average Bonchev–Trinajstić information content (AvgIpc) is 3.60. The molecule has 1 aromatic heterocycles. The number of rotatable bonds is 5. The zero-order valence-corrected chi connectivity index (χ0v) is 21.0. The highest BCUT2D eigenvalue weighted by Gasteiger charge is 2.41. The second-order valence-corrected chi connectivity index (χ2v) is 10.7. The summed E-state index contributed by atoms with van der Waals surface area (Å²) in [7, 11) is 0. The lowest BCUT2D eigenvalue weighted by Gasteiger charge is -2.44. The van der Waals surface area contributed by atoms with Gasteiger partial charge in [0.15, 0.2) is 5.79 Å². The molecule has 0 radical (unpaired) electrons. The van der Waals surface area contributed by atoms with Gasteiger partial charge in [0.05, 0.1) is 18.8 Å². The zero-order valence-electron chi connectivity index (χ0n) is 20.1. The molecule has 2 aliphatic heterocycles. The Labute approximate surface area is 214 Å². The molecule has 3 heterocycles. The van der Waals surface area contributed by atoms with Crippen molar-refractivity contribution in [2.75, 3.05) is 44.3 Å². The number of hydrogen-bond donors (Lipinski definition) is 1. The Morgan fingerprint density at radius 1 is 0.861 bits per heavy atom. The summed E-state index contributed by atoms with van der Waals surface area (Å²) in [6.45, 7) is 5.71. The lowest BCUT2D eigenvalue weighted by molar-refractivity contribution is -0.184. The number of carbonyl (C=O) groups is 1. The topological polar surface area (TPSA) is 88.0 Å². The molecule has 3 aromatic rings. The molecule has 2 saturated heterocycles. The Kier molecular flexibility index (Phi) is 6.47. The molecule has 6 rings (SSSR count). The van der Waals surface area contributed by atoms with E-state index in [-0.39, 0.29) is 11.4 Å². The molecule has 9 heteroatoms. The fraction of sp³-hybridized carbons (Fsp3) is 0.444. The lowest BCUT2D eigenvalue weighted by Crippen LogP contribution is -2.52. The van der Waals surface area contributed by atoms with Crippen LogP contribution in [0.5, 0.6) is 0 Å². The van der Waals surface area contributed by atoms with Crippen molar-refractivity contribution in [1.29, 1.82) is 0 Å². The molecule has 1 spiro atoms. The molecular weight excluding hydrogens is 476 g/mol. The summed E-state index contributed by atoms with van der Waals surface area (Å²) >= 11 is 1.51. The van der Waals surface area contributed by atoms with Crippen molar-refractivity contribution >= 4 is 23.0 Å². The van der Waals surface area contributed by atoms with Crippen LogP contribution in [0, 0.1) is 0 Å². The minimum atomic E-state index is -0.933. The van der Waals surface area contributed by atoms with Crippen LogP contribution in [-0.4, -0.2) is 77.4 Å². The van der Waals surface area contributed by atoms with Gasteiger partial charge in [0.2, 0.25) is 0 Å².